The van der Waals surface area contributed by atoms with Crippen molar-refractivity contribution in [2.45, 2.75) is 11.8 Å². The number of nitrogens with one attached hydrogen (secondary N) is 1. The zero-order valence-corrected chi connectivity index (χ0v) is 14.3. The molecule has 1 heterocycles. The summed E-state index contributed by atoms with van der Waals surface area (Å²) in [4.78, 5) is 4.23. The summed E-state index contributed by atoms with van der Waals surface area (Å²) in [5.74, 6) is 0. The van der Waals surface area contributed by atoms with E-state index in [1.54, 1.807) is 24.5 Å². The summed E-state index contributed by atoms with van der Waals surface area (Å²) in [7, 11) is -3.70. The molecule has 0 bridgehead atoms. The molecule has 0 saturated heterocycles. The maximum atomic E-state index is 12.4. The fourth-order valence-corrected chi connectivity index (χ4v) is 3.47. The SMILES string of the molecule is Cc1ccncc1-c1ccc(NS(=O)(=O)c2ccc(C#N)cc2)cc1. The zero-order valence-electron chi connectivity index (χ0n) is 13.5. The first kappa shape index (κ1) is 16.7. The van der Waals surface area contributed by atoms with Crippen LogP contribution in [0, 0.1) is 18.3 Å². The molecule has 0 aliphatic carbocycles. The van der Waals surface area contributed by atoms with Crippen LogP contribution in [0.5, 0.6) is 0 Å². The summed E-state index contributed by atoms with van der Waals surface area (Å²) < 4.78 is 27.4. The Labute approximate surface area is 146 Å². The average molecular weight is 349 g/mol. The monoisotopic (exact) mass is 349 g/mol. The second-order valence-electron chi connectivity index (χ2n) is 5.51. The number of rotatable bonds is 4. The number of nitriles is 1. The van der Waals surface area contributed by atoms with Gasteiger partial charge in [0.05, 0.1) is 16.5 Å². The van der Waals surface area contributed by atoms with E-state index in [9.17, 15) is 8.42 Å². The molecule has 0 unspecified atom stereocenters. The Hall–Kier alpha value is -3.17. The van der Waals surface area contributed by atoms with Crippen LogP contribution in [0.25, 0.3) is 11.1 Å². The third kappa shape index (κ3) is 3.67. The van der Waals surface area contributed by atoms with E-state index < -0.39 is 10.0 Å². The van der Waals surface area contributed by atoms with Gasteiger partial charge in [-0.2, -0.15) is 5.26 Å². The van der Waals surface area contributed by atoms with Crippen molar-refractivity contribution in [1.29, 1.82) is 5.26 Å². The molecule has 2 aromatic carbocycles. The Balaban J connectivity index is 1.83. The van der Waals surface area contributed by atoms with E-state index in [0.717, 1.165) is 16.7 Å². The van der Waals surface area contributed by atoms with Gasteiger partial charge in [-0.15, -0.1) is 0 Å². The van der Waals surface area contributed by atoms with Gasteiger partial charge >= 0.3 is 0 Å². The van der Waals surface area contributed by atoms with E-state index in [1.807, 2.05) is 31.2 Å². The van der Waals surface area contributed by atoms with Gasteiger partial charge in [0.15, 0.2) is 0 Å². The highest BCUT2D eigenvalue weighted by Gasteiger charge is 2.14. The second-order valence-corrected chi connectivity index (χ2v) is 7.19. The second kappa shape index (κ2) is 6.75. The van der Waals surface area contributed by atoms with Gasteiger partial charge in [-0.25, -0.2) is 8.42 Å². The van der Waals surface area contributed by atoms with Crippen molar-refractivity contribution in [3.05, 3.63) is 78.1 Å². The van der Waals surface area contributed by atoms with Crippen LogP contribution in [-0.2, 0) is 10.0 Å². The van der Waals surface area contributed by atoms with Crippen molar-refractivity contribution in [2.75, 3.05) is 4.72 Å². The number of benzene rings is 2. The van der Waals surface area contributed by atoms with Crippen LogP contribution in [0.15, 0.2) is 71.9 Å². The smallest absolute Gasteiger partial charge is 0.261 e. The lowest BCUT2D eigenvalue weighted by Gasteiger charge is -2.10. The molecule has 0 atom stereocenters. The third-order valence-electron chi connectivity index (χ3n) is 3.78. The summed E-state index contributed by atoms with van der Waals surface area (Å²) in [6, 6.07) is 16.8. The highest BCUT2D eigenvalue weighted by atomic mass is 32.2. The number of nitrogens with zero attached hydrogens (tertiary/aromatic N) is 2. The Morgan fingerprint density at radius 2 is 1.68 bits per heavy atom. The van der Waals surface area contributed by atoms with Gasteiger partial charge < -0.3 is 0 Å². The maximum absolute atomic E-state index is 12.4. The molecule has 25 heavy (non-hydrogen) atoms. The number of pyridine rings is 1. The summed E-state index contributed by atoms with van der Waals surface area (Å²) in [5, 5.41) is 8.79. The normalized spacial score (nSPS) is 10.9. The van der Waals surface area contributed by atoms with Crippen molar-refractivity contribution >= 4 is 15.7 Å². The van der Waals surface area contributed by atoms with Crippen LogP contribution >= 0.6 is 0 Å². The molecule has 3 aromatic rings. The van der Waals surface area contributed by atoms with Crippen molar-refractivity contribution < 1.29 is 8.42 Å². The molecule has 0 saturated carbocycles. The first-order valence-electron chi connectivity index (χ1n) is 7.54. The number of anilines is 1. The lowest BCUT2D eigenvalue weighted by Crippen LogP contribution is -2.12. The Morgan fingerprint density at radius 3 is 2.28 bits per heavy atom. The van der Waals surface area contributed by atoms with E-state index in [2.05, 4.69) is 9.71 Å². The number of hydrogen-bond donors (Lipinski definition) is 1. The molecular formula is C19H15N3O2S. The van der Waals surface area contributed by atoms with Gasteiger partial charge in [-0.05, 0) is 60.5 Å². The minimum absolute atomic E-state index is 0.110. The highest BCUT2D eigenvalue weighted by molar-refractivity contribution is 7.92. The van der Waals surface area contributed by atoms with Crippen molar-refractivity contribution in [2.24, 2.45) is 0 Å². The van der Waals surface area contributed by atoms with Crippen LogP contribution in [-0.4, -0.2) is 13.4 Å². The Kier molecular flexibility index (Phi) is 4.50. The molecule has 1 N–H and O–H groups in total. The van der Waals surface area contributed by atoms with E-state index in [4.69, 9.17) is 5.26 Å². The molecule has 0 spiro atoms. The molecule has 6 heteroatoms. The predicted octanol–water partition coefficient (Wildman–Crippen LogP) is 3.73. The molecule has 5 nitrogen and oxygen atoms in total. The minimum atomic E-state index is -3.70. The van der Waals surface area contributed by atoms with Crippen LogP contribution in [0.3, 0.4) is 0 Å². The first-order chi connectivity index (χ1) is 12.0. The summed E-state index contributed by atoms with van der Waals surface area (Å²) >= 11 is 0. The molecule has 0 aliphatic rings. The molecule has 0 amide bonds. The molecule has 0 fully saturated rings. The predicted molar refractivity (Wildman–Crippen MR) is 96.4 cm³/mol. The third-order valence-corrected chi connectivity index (χ3v) is 5.18. The van der Waals surface area contributed by atoms with Gasteiger partial charge in [0.25, 0.3) is 10.0 Å². The summed E-state index contributed by atoms with van der Waals surface area (Å²) in [6.07, 6.45) is 3.52. The molecule has 1 aromatic heterocycles. The molecule has 0 aliphatic heterocycles. The van der Waals surface area contributed by atoms with Crippen molar-refractivity contribution in [3.8, 4) is 17.2 Å². The number of hydrogen-bond acceptors (Lipinski definition) is 4. The highest BCUT2D eigenvalue weighted by Crippen LogP contribution is 2.24. The fraction of sp³-hybridized carbons (Fsp3) is 0.0526. The topological polar surface area (TPSA) is 82.8 Å². The van der Waals surface area contributed by atoms with Crippen LogP contribution in [0.4, 0.5) is 5.69 Å². The van der Waals surface area contributed by atoms with E-state index in [1.165, 1.54) is 24.3 Å². The van der Waals surface area contributed by atoms with Gasteiger partial charge in [0, 0.05) is 23.6 Å². The Morgan fingerprint density at radius 1 is 1.00 bits per heavy atom. The van der Waals surface area contributed by atoms with Gasteiger partial charge in [0.1, 0.15) is 0 Å². The maximum Gasteiger partial charge on any atom is 0.261 e. The first-order valence-corrected chi connectivity index (χ1v) is 9.02. The summed E-state index contributed by atoms with van der Waals surface area (Å²) in [6.45, 7) is 2.00. The standard InChI is InChI=1S/C19H15N3O2S/c1-14-10-11-21-13-19(14)16-4-6-17(7-5-16)22-25(23,24)18-8-2-15(12-20)3-9-18/h2-11,13,22H,1H3. The van der Waals surface area contributed by atoms with E-state index in [-0.39, 0.29) is 4.90 Å². The zero-order chi connectivity index (χ0) is 17.9. The lowest BCUT2D eigenvalue weighted by molar-refractivity contribution is 0.601. The number of aromatic nitrogens is 1. The van der Waals surface area contributed by atoms with Crippen molar-refractivity contribution in [3.63, 3.8) is 0 Å². The number of sulfonamides is 1. The van der Waals surface area contributed by atoms with E-state index in [0.29, 0.717) is 11.3 Å². The average Bonchev–Trinajstić information content (AvgIpc) is 2.63. The van der Waals surface area contributed by atoms with Crippen LogP contribution in [0.2, 0.25) is 0 Å². The van der Waals surface area contributed by atoms with Gasteiger partial charge in [-0.3, -0.25) is 9.71 Å². The molecular weight excluding hydrogens is 334 g/mol. The van der Waals surface area contributed by atoms with E-state index >= 15 is 0 Å². The molecule has 0 radical (unpaired) electrons. The van der Waals surface area contributed by atoms with Gasteiger partial charge in [0.2, 0.25) is 0 Å². The fourth-order valence-electron chi connectivity index (χ4n) is 2.41. The lowest BCUT2D eigenvalue weighted by atomic mass is 10.0. The Bertz CT molecular complexity index is 1040. The van der Waals surface area contributed by atoms with Crippen molar-refractivity contribution in [1.82, 2.24) is 4.98 Å². The van der Waals surface area contributed by atoms with Crippen LogP contribution < -0.4 is 4.72 Å². The molecule has 3 rings (SSSR count). The minimum Gasteiger partial charge on any atom is -0.280 e. The molecule has 124 valence electrons. The van der Waals surface area contributed by atoms with Crippen LogP contribution in [0.1, 0.15) is 11.1 Å². The largest absolute Gasteiger partial charge is 0.280 e. The summed E-state index contributed by atoms with van der Waals surface area (Å²) in [5.41, 5.74) is 3.95. The van der Waals surface area contributed by atoms with Gasteiger partial charge in [-0.1, -0.05) is 12.1 Å². The quantitative estimate of drug-likeness (QED) is 0.778. The number of aryl methyl sites for hydroxylation is 1.